The fourth-order valence-electron chi connectivity index (χ4n) is 4.41. The maximum Gasteiger partial charge on any atom is 0.212 e. The van der Waals surface area contributed by atoms with Crippen LogP contribution in [-0.2, 0) is 6.54 Å². The Bertz CT molecular complexity index is 1010. The Morgan fingerprint density at radius 1 is 1.18 bits per heavy atom. The van der Waals surface area contributed by atoms with Crippen LogP contribution >= 0.6 is 11.6 Å². The molecule has 0 saturated carbocycles. The maximum absolute atomic E-state index is 6.60. The molecule has 0 amide bonds. The van der Waals surface area contributed by atoms with Crippen LogP contribution in [0.4, 0.5) is 17.5 Å². The molecule has 1 aliphatic rings. The van der Waals surface area contributed by atoms with E-state index in [1.54, 1.807) is 6.20 Å². The van der Waals surface area contributed by atoms with Crippen molar-refractivity contribution in [3.05, 3.63) is 40.5 Å². The SMILES string of the molecule is CCC(CC)c1ccc(Cl)c2nc3n(c12)CCCCN3c1ncc(N)cc1C. The average Bonchev–Trinajstić information content (AvgIpc) is 2.94. The first kappa shape index (κ1) is 19.1. The lowest BCUT2D eigenvalue weighted by Gasteiger charge is -2.23. The van der Waals surface area contributed by atoms with Gasteiger partial charge in [-0.15, -0.1) is 0 Å². The zero-order chi connectivity index (χ0) is 19.8. The standard InChI is InChI=1S/C22H28ClN5/c1-4-15(5-2)17-8-9-18(23)19-20(17)27-10-6-7-11-28(22(27)26-19)21-14(3)12-16(24)13-25-21/h8-9,12-13,15H,4-7,10-11,24H2,1-3H3. The van der Waals surface area contributed by atoms with Crippen LogP contribution in [0, 0.1) is 6.92 Å². The summed E-state index contributed by atoms with van der Waals surface area (Å²) in [6, 6.07) is 6.17. The number of halogens is 1. The molecule has 1 aromatic carbocycles. The molecule has 4 rings (SSSR count). The van der Waals surface area contributed by atoms with Crippen LogP contribution in [0.25, 0.3) is 11.0 Å². The molecule has 28 heavy (non-hydrogen) atoms. The first-order valence-corrected chi connectivity index (χ1v) is 10.6. The van der Waals surface area contributed by atoms with Crippen LogP contribution in [0.1, 0.15) is 56.6 Å². The first-order chi connectivity index (χ1) is 13.5. The summed E-state index contributed by atoms with van der Waals surface area (Å²) in [6.45, 7) is 8.40. The Hall–Kier alpha value is -2.27. The summed E-state index contributed by atoms with van der Waals surface area (Å²) in [5.74, 6) is 2.37. The van der Waals surface area contributed by atoms with Crippen molar-refractivity contribution in [2.75, 3.05) is 17.2 Å². The van der Waals surface area contributed by atoms with Gasteiger partial charge >= 0.3 is 0 Å². The minimum Gasteiger partial charge on any atom is -0.397 e. The van der Waals surface area contributed by atoms with Crippen molar-refractivity contribution in [1.82, 2.24) is 14.5 Å². The third-order valence-electron chi connectivity index (χ3n) is 5.86. The second-order valence-corrected chi connectivity index (χ2v) is 8.09. The molecule has 0 unspecified atom stereocenters. The summed E-state index contributed by atoms with van der Waals surface area (Å²) in [7, 11) is 0. The lowest BCUT2D eigenvalue weighted by molar-refractivity contribution is 0.632. The normalized spacial score (nSPS) is 14.5. The van der Waals surface area contributed by atoms with Crippen molar-refractivity contribution in [3.63, 3.8) is 0 Å². The number of nitrogens with two attached hydrogens (primary N) is 1. The van der Waals surface area contributed by atoms with Gasteiger partial charge in [-0.05, 0) is 61.8 Å². The van der Waals surface area contributed by atoms with Crippen LogP contribution in [0.5, 0.6) is 0 Å². The Balaban J connectivity index is 1.96. The van der Waals surface area contributed by atoms with Crippen LogP contribution < -0.4 is 10.6 Å². The smallest absolute Gasteiger partial charge is 0.212 e. The monoisotopic (exact) mass is 397 g/mol. The van der Waals surface area contributed by atoms with Crippen LogP contribution in [0.15, 0.2) is 24.4 Å². The number of hydrogen-bond donors (Lipinski definition) is 1. The number of aryl methyl sites for hydroxylation is 2. The van der Waals surface area contributed by atoms with Gasteiger partial charge in [0.15, 0.2) is 0 Å². The van der Waals surface area contributed by atoms with E-state index in [0.29, 0.717) is 16.6 Å². The second-order valence-electron chi connectivity index (χ2n) is 7.68. The molecule has 2 aromatic heterocycles. The molecule has 0 radical (unpaired) electrons. The van der Waals surface area contributed by atoms with E-state index in [1.165, 1.54) is 11.1 Å². The van der Waals surface area contributed by atoms with Gasteiger partial charge in [0.05, 0.1) is 22.4 Å². The van der Waals surface area contributed by atoms with E-state index in [2.05, 4.69) is 41.3 Å². The van der Waals surface area contributed by atoms with E-state index in [1.807, 2.05) is 12.1 Å². The van der Waals surface area contributed by atoms with Gasteiger partial charge in [0.25, 0.3) is 0 Å². The van der Waals surface area contributed by atoms with Crippen LogP contribution in [-0.4, -0.2) is 21.1 Å². The average molecular weight is 398 g/mol. The summed E-state index contributed by atoms with van der Waals surface area (Å²) >= 11 is 6.60. The molecule has 0 atom stereocenters. The van der Waals surface area contributed by atoms with E-state index in [0.717, 1.165) is 61.6 Å². The number of fused-ring (bicyclic) bond motifs is 3. The van der Waals surface area contributed by atoms with Crippen LogP contribution in [0.3, 0.4) is 0 Å². The lowest BCUT2D eigenvalue weighted by atomic mass is 9.93. The molecule has 0 bridgehead atoms. The molecule has 0 saturated heterocycles. The van der Waals surface area contributed by atoms with Gasteiger partial charge in [-0.1, -0.05) is 31.5 Å². The molecule has 0 aliphatic carbocycles. The Morgan fingerprint density at radius 2 is 1.93 bits per heavy atom. The third kappa shape index (κ3) is 3.12. The van der Waals surface area contributed by atoms with Gasteiger partial charge in [-0.25, -0.2) is 9.97 Å². The molecular weight excluding hydrogens is 370 g/mol. The fourth-order valence-corrected chi connectivity index (χ4v) is 4.60. The van der Waals surface area contributed by atoms with Gasteiger partial charge in [0, 0.05) is 13.1 Å². The highest BCUT2D eigenvalue weighted by molar-refractivity contribution is 6.35. The molecule has 3 heterocycles. The Kier molecular flexibility index (Phi) is 5.19. The molecule has 2 N–H and O–H groups in total. The number of pyridine rings is 1. The number of nitrogen functional groups attached to an aromatic ring is 1. The van der Waals surface area contributed by atoms with E-state index in [4.69, 9.17) is 22.3 Å². The van der Waals surface area contributed by atoms with Crippen molar-refractivity contribution < 1.29 is 0 Å². The molecular formula is C22H28ClN5. The number of aromatic nitrogens is 3. The number of imidazole rings is 1. The molecule has 3 aromatic rings. The number of anilines is 3. The van der Waals surface area contributed by atoms with Gasteiger partial charge in [0.1, 0.15) is 11.3 Å². The Labute approximate surface area is 171 Å². The number of rotatable bonds is 4. The summed E-state index contributed by atoms with van der Waals surface area (Å²) in [4.78, 5) is 11.9. The highest BCUT2D eigenvalue weighted by atomic mass is 35.5. The predicted molar refractivity (Wildman–Crippen MR) is 118 cm³/mol. The van der Waals surface area contributed by atoms with E-state index < -0.39 is 0 Å². The summed E-state index contributed by atoms with van der Waals surface area (Å²) in [6.07, 6.45) is 6.14. The first-order valence-electron chi connectivity index (χ1n) is 10.2. The number of nitrogens with zero attached hydrogens (tertiary/aromatic N) is 4. The fraction of sp³-hybridized carbons (Fsp3) is 0.455. The Morgan fingerprint density at radius 3 is 2.64 bits per heavy atom. The quantitative estimate of drug-likeness (QED) is 0.603. The minimum atomic E-state index is 0.508. The number of benzene rings is 1. The largest absolute Gasteiger partial charge is 0.397 e. The maximum atomic E-state index is 6.60. The van der Waals surface area contributed by atoms with Gasteiger partial charge < -0.3 is 10.3 Å². The summed E-state index contributed by atoms with van der Waals surface area (Å²) in [5.41, 5.74) is 11.1. The van der Waals surface area contributed by atoms with Crippen molar-refractivity contribution in [1.29, 1.82) is 0 Å². The van der Waals surface area contributed by atoms with Crippen molar-refractivity contribution in [3.8, 4) is 0 Å². The van der Waals surface area contributed by atoms with E-state index >= 15 is 0 Å². The topological polar surface area (TPSA) is 60.0 Å². The predicted octanol–water partition coefficient (Wildman–Crippen LogP) is 5.81. The summed E-state index contributed by atoms with van der Waals surface area (Å²) in [5, 5.41) is 0.715. The minimum absolute atomic E-state index is 0.508. The van der Waals surface area contributed by atoms with Crippen molar-refractivity contribution in [2.45, 2.75) is 58.9 Å². The molecule has 1 aliphatic heterocycles. The molecule has 148 valence electrons. The van der Waals surface area contributed by atoms with Gasteiger partial charge in [-0.2, -0.15) is 0 Å². The second kappa shape index (κ2) is 7.63. The molecule has 0 fully saturated rings. The summed E-state index contributed by atoms with van der Waals surface area (Å²) < 4.78 is 2.36. The molecule has 5 nitrogen and oxygen atoms in total. The van der Waals surface area contributed by atoms with Crippen LogP contribution in [0.2, 0.25) is 5.02 Å². The number of hydrogen-bond acceptors (Lipinski definition) is 4. The molecule has 0 spiro atoms. The highest BCUT2D eigenvalue weighted by Gasteiger charge is 2.26. The zero-order valence-electron chi connectivity index (χ0n) is 16.9. The van der Waals surface area contributed by atoms with Crippen molar-refractivity contribution in [2.24, 2.45) is 0 Å². The van der Waals surface area contributed by atoms with Crippen molar-refractivity contribution >= 4 is 40.1 Å². The zero-order valence-corrected chi connectivity index (χ0v) is 17.6. The lowest BCUT2D eigenvalue weighted by Crippen LogP contribution is -2.22. The van der Waals surface area contributed by atoms with E-state index in [-0.39, 0.29) is 0 Å². The van der Waals surface area contributed by atoms with Gasteiger partial charge in [-0.3, -0.25) is 4.90 Å². The highest BCUT2D eigenvalue weighted by Crippen LogP contribution is 2.39. The third-order valence-corrected chi connectivity index (χ3v) is 6.17. The van der Waals surface area contributed by atoms with Gasteiger partial charge in [0.2, 0.25) is 5.95 Å². The molecule has 6 heteroatoms. The van der Waals surface area contributed by atoms with E-state index in [9.17, 15) is 0 Å².